The van der Waals surface area contributed by atoms with Crippen molar-refractivity contribution in [1.29, 1.82) is 0 Å². The first-order chi connectivity index (χ1) is 15.2. The molecule has 6 nitrogen and oxygen atoms in total. The van der Waals surface area contributed by atoms with Crippen LogP contribution in [0.3, 0.4) is 0 Å². The van der Waals surface area contributed by atoms with E-state index in [0.717, 1.165) is 40.5 Å². The van der Waals surface area contributed by atoms with Crippen molar-refractivity contribution in [3.63, 3.8) is 0 Å². The van der Waals surface area contributed by atoms with E-state index < -0.39 is 0 Å². The topological polar surface area (TPSA) is 74.3 Å². The predicted octanol–water partition coefficient (Wildman–Crippen LogP) is 4.52. The summed E-state index contributed by atoms with van der Waals surface area (Å²) >= 11 is 6.29. The zero-order valence-electron chi connectivity index (χ0n) is 17.0. The first-order valence-electron chi connectivity index (χ1n) is 10.4. The molecule has 31 heavy (non-hydrogen) atoms. The first-order valence-corrected chi connectivity index (χ1v) is 10.8. The molecular weight excluding hydrogens is 412 g/mol. The Morgan fingerprint density at radius 2 is 1.94 bits per heavy atom. The normalized spacial score (nSPS) is 15.8. The lowest BCUT2D eigenvalue weighted by Gasteiger charge is -2.36. The minimum atomic E-state index is -0.0520. The largest absolute Gasteiger partial charge is 0.494 e. The summed E-state index contributed by atoms with van der Waals surface area (Å²) in [6.07, 6.45) is 5.05. The molecule has 1 atom stereocenters. The lowest BCUT2D eigenvalue weighted by atomic mass is 9.92. The SMILES string of the molecule is OCCCOc1ccc(C2c3[nH]c4ccc(Cl)cc4c3CCN2c2ncccn2)cc1. The van der Waals surface area contributed by atoms with Crippen LogP contribution in [0, 0.1) is 0 Å². The van der Waals surface area contributed by atoms with E-state index in [2.05, 4.69) is 32.0 Å². The van der Waals surface area contributed by atoms with Gasteiger partial charge in [-0.3, -0.25) is 0 Å². The molecule has 7 heteroatoms. The molecule has 2 aromatic carbocycles. The van der Waals surface area contributed by atoms with Gasteiger partial charge in [0.25, 0.3) is 0 Å². The van der Waals surface area contributed by atoms with Crippen molar-refractivity contribution in [2.45, 2.75) is 18.9 Å². The van der Waals surface area contributed by atoms with Gasteiger partial charge >= 0.3 is 0 Å². The zero-order valence-corrected chi connectivity index (χ0v) is 17.7. The van der Waals surface area contributed by atoms with Crippen molar-refractivity contribution in [3.8, 4) is 5.75 Å². The Balaban J connectivity index is 1.57. The highest BCUT2D eigenvalue weighted by Crippen LogP contribution is 2.40. The summed E-state index contributed by atoms with van der Waals surface area (Å²) in [6.45, 7) is 1.42. The Kier molecular flexibility index (Phi) is 5.49. The third-order valence-corrected chi connectivity index (χ3v) is 5.90. The second kappa shape index (κ2) is 8.57. The summed E-state index contributed by atoms with van der Waals surface area (Å²) in [5.74, 6) is 1.50. The number of hydrogen-bond donors (Lipinski definition) is 2. The van der Waals surface area contributed by atoms with Crippen molar-refractivity contribution in [3.05, 3.63) is 82.8 Å². The van der Waals surface area contributed by atoms with E-state index >= 15 is 0 Å². The molecule has 1 aliphatic heterocycles. The van der Waals surface area contributed by atoms with Gasteiger partial charge in [-0.15, -0.1) is 0 Å². The number of ether oxygens (including phenoxy) is 1. The maximum absolute atomic E-state index is 8.96. The quantitative estimate of drug-likeness (QED) is 0.436. The molecule has 2 aromatic heterocycles. The first kappa shape index (κ1) is 19.8. The van der Waals surface area contributed by atoms with Gasteiger partial charge in [0.1, 0.15) is 5.75 Å². The number of nitrogens with one attached hydrogen (secondary N) is 1. The van der Waals surface area contributed by atoms with E-state index in [1.165, 1.54) is 10.9 Å². The van der Waals surface area contributed by atoms with E-state index in [4.69, 9.17) is 21.4 Å². The van der Waals surface area contributed by atoms with Crippen LogP contribution in [0.25, 0.3) is 10.9 Å². The molecule has 0 bridgehead atoms. The number of rotatable bonds is 6. The molecule has 1 aliphatic rings. The van der Waals surface area contributed by atoms with Crippen LogP contribution in [-0.4, -0.2) is 39.8 Å². The molecule has 5 rings (SSSR count). The molecule has 158 valence electrons. The number of nitrogens with zero attached hydrogens (tertiary/aromatic N) is 3. The molecule has 0 spiro atoms. The summed E-state index contributed by atoms with van der Waals surface area (Å²) in [5, 5.41) is 10.9. The Labute approximate surface area is 185 Å². The van der Waals surface area contributed by atoms with Gasteiger partial charge in [0.2, 0.25) is 5.95 Å². The number of aromatic amines is 1. The smallest absolute Gasteiger partial charge is 0.226 e. The van der Waals surface area contributed by atoms with E-state index in [0.29, 0.717) is 19.0 Å². The van der Waals surface area contributed by atoms with Crippen molar-refractivity contribution in [2.75, 3.05) is 24.7 Å². The predicted molar refractivity (Wildman–Crippen MR) is 122 cm³/mol. The molecule has 0 saturated carbocycles. The molecule has 0 aliphatic carbocycles. The van der Waals surface area contributed by atoms with Crippen LogP contribution in [0.5, 0.6) is 5.75 Å². The standard InChI is InChI=1S/C24H23ClN4O2/c25-17-5-8-21-20(15-17)19-9-12-29(24-26-10-1-11-27-24)23(22(19)28-21)16-3-6-18(7-4-16)31-14-2-13-30/h1,3-8,10-11,15,23,28,30H,2,9,12-14H2. The average molecular weight is 435 g/mol. The van der Waals surface area contributed by atoms with Gasteiger partial charge in [0.05, 0.1) is 12.6 Å². The van der Waals surface area contributed by atoms with Gasteiger partial charge < -0.3 is 19.7 Å². The van der Waals surface area contributed by atoms with Crippen molar-refractivity contribution in [2.24, 2.45) is 0 Å². The second-order valence-electron chi connectivity index (χ2n) is 7.60. The Bertz CT molecular complexity index is 1180. The lowest BCUT2D eigenvalue weighted by molar-refractivity contribution is 0.233. The highest BCUT2D eigenvalue weighted by atomic mass is 35.5. The maximum Gasteiger partial charge on any atom is 0.226 e. The Hall–Kier alpha value is -3.09. The van der Waals surface area contributed by atoms with Crippen LogP contribution < -0.4 is 9.64 Å². The minimum Gasteiger partial charge on any atom is -0.494 e. The number of fused-ring (bicyclic) bond motifs is 3. The minimum absolute atomic E-state index is 0.0520. The van der Waals surface area contributed by atoms with Crippen molar-refractivity contribution < 1.29 is 9.84 Å². The van der Waals surface area contributed by atoms with Crippen LogP contribution in [0.1, 0.15) is 29.3 Å². The van der Waals surface area contributed by atoms with Crippen molar-refractivity contribution >= 4 is 28.5 Å². The molecule has 2 N–H and O–H groups in total. The molecule has 0 radical (unpaired) electrons. The molecule has 0 saturated heterocycles. The fourth-order valence-electron chi connectivity index (χ4n) is 4.26. The number of hydrogen-bond acceptors (Lipinski definition) is 5. The number of aromatic nitrogens is 3. The number of aliphatic hydroxyl groups is 1. The Morgan fingerprint density at radius 1 is 1.13 bits per heavy atom. The van der Waals surface area contributed by atoms with E-state index in [1.54, 1.807) is 12.4 Å². The van der Waals surface area contributed by atoms with E-state index in [-0.39, 0.29) is 12.6 Å². The number of halogens is 1. The highest BCUT2D eigenvalue weighted by molar-refractivity contribution is 6.31. The maximum atomic E-state index is 8.96. The van der Waals surface area contributed by atoms with Gasteiger partial charge in [0, 0.05) is 53.6 Å². The number of benzene rings is 2. The van der Waals surface area contributed by atoms with Gasteiger partial charge in [-0.05, 0) is 53.9 Å². The van der Waals surface area contributed by atoms with Gasteiger partial charge in [-0.2, -0.15) is 0 Å². The lowest BCUT2D eigenvalue weighted by Crippen LogP contribution is -2.37. The van der Waals surface area contributed by atoms with Crippen LogP contribution in [0.2, 0.25) is 5.02 Å². The van der Waals surface area contributed by atoms with Crippen LogP contribution in [0.4, 0.5) is 5.95 Å². The summed E-state index contributed by atoms with van der Waals surface area (Å²) in [6, 6.07) is 15.9. The highest BCUT2D eigenvalue weighted by Gasteiger charge is 2.33. The average Bonchev–Trinajstić information content (AvgIpc) is 3.17. The Morgan fingerprint density at radius 3 is 2.71 bits per heavy atom. The summed E-state index contributed by atoms with van der Waals surface area (Å²) in [5.41, 5.74) is 4.64. The number of aliphatic hydroxyl groups excluding tert-OH is 1. The fraction of sp³-hybridized carbons (Fsp3) is 0.250. The summed E-state index contributed by atoms with van der Waals surface area (Å²) < 4.78 is 5.71. The van der Waals surface area contributed by atoms with Gasteiger partial charge in [0.15, 0.2) is 0 Å². The number of H-pyrrole nitrogens is 1. The number of anilines is 1. The van der Waals surface area contributed by atoms with Crippen LogP contribution in [-0.2, 0) is 6.42 Å². The van der Waals surface area contributed by atoms with Crippen LogP contribution in [0.15, 0.2) is 60.9 Å². The summed E-state index contributed by atoms with van der Waals surface area (Å²) in [7, 11) is 0. The van der Waals surface area contributed by atoms with Crippen molar-refractivity contribution in [1.82, 2.24) is 15.0 Å². The third kappa shape index (κ3) is 3.84. The molecule has 1 unspecified atom stereocenters. The molecular formula is C24H23ClN4O2. The fourth-order valence-corrected chi connectivity index (χ4v) is 4.44. The van der Waals surface area contributed by atoms with Gasteiger partial charge in [-0.1, -0.05) is 23.7 Å². The molecule has 4 aromatic rings. The van der Waals surface area contributed by atoms with Gasteiger partial charge in [-0.25, -0.2) is 9.97 Å². The summed E-state index contributed by atoms with van der Waals surface area (Å²) in [4.78, 5) is 14.9. The van der Waals surface area contributed by atoms with Crippen LogP contribution >= 0.6 is 11.6 Å². The second-order valence-corrected chi connectivity index (χ2v) is 8.03. The molecule has 3 heterocycles. The zero-order chi connectivity index (χ0) is 21.2. The molecule has 0 amide bonds. The van der Waals surface area contributed by atoms with E-state index in [9.17, 15) is 0 Å². The molecule has 0 fully saturated rings. The third-order valence-electron chi connectivity index (χ3n) is 5.67. The monoisotopic (exact) mass is 434 g/mol. The van der Waals surface area contributed by atoms with E-state index in [1.807, 2.05) is 36.4 Å².